The molecule has 0 amide bonds. The Morgan fingerprint density at radius 1 is 1.67 bits per heavy atom. The number of hydrogen-bond acceptors (Lipinski definition) is 3. The smallest absolute Gasteiger partial charge is 0.258 e. The first kappa shape index (κ1) is 10.9. The number of para-hydroxylation sites is 1. The molecule has 0 N–H and O–H groups in total. The fraction of sp³-hybridized carbons (Fsp3) is 0.182. The van der Waals surface area contributed by atoms with Crippen LogP contribution in [0.25, 0.3) is 0 Å². The van der Waals surface area contributed by atoms with Gasteiger partial charge in [0.25, 0.3) is 5.69 Å². The van der Waals surface area contributed by atoms with Crippen LogP contribution in [0.5, 0.6) is 0 Å². The molecule has 0 aliphatic heterocycles. The number of rotatable bonds is 3. The fourth-order valence-electron chi connectivity index (χ4n) is 1.35. The van der Waals surface area contributed by atoms with Gasteiger partial charge in [-0.05, 0) is 6.07 Å². The minimum Gasteiger partial charge on any atom is -0.258 e. The molecule has 0 aromatic heterocycles. The molecule has 1 aromatic carbocycles. The Labute approximate surface area is 87.6 Å². The molecule has 0 spiro atoms. The molecule has 76 valence electrons. The Kier molecular flexibility index (Phi) is 3.19. The van der Waals surface area contributed by atoms with E-state index in [1.165, 1.54) is 6.07 Å². The van der Waals surface area contributed by atoms with Crippen LogP contribution in [-0.4, -0.2) is 4.92 Å². The molecule has 0 radical (unpaired) electrons. The topological polar surface area (TPSA) is 66.9 Å². The largest absolute Gasteiger partial charge is 0.290 e. The first-order valence-corrected chi connectivity index (χ1v) is 4.41. The van der Waals surface area contributed by atoms with Gasteiger partial charge in [0.05, 0.1) is 4.92 Å². The molecule has 0 saturated carbocycles. The molecule has 1 aromatic rings. The highest BCUT2D eigenvalue weighted by Gasteiger charge is 2.21. The quantitative estimate of drug-likeness (QED) is 0.430. The molecule has 0 heterocycles. The summed E-state index contributed by atoms with van der Waals surface area (Å²) in [4.78, 5) is 10.3. The van der Waals surface area contributed by atoms with Crippen molar-refractivity contribution in [2.75, 3.05) is 0 Å². The minimum atomic E-state index is -0.520. The van der Waals surface area contributed by atoms with Gasteiger partial charge in [0.15, 0.2) is 0 Å². The van der Waals surface area contributed by atoms with Gasteiger partial charge in [-0.25, -0.2) is 0 Å². The predicted molar refractivity (Wildman–Crippen MR) is 56.4 cm³/mol. The zero-order chi connectivity index (χ0) is 11.4. The van der Waals surface area contributed by atoms with Crippen LogP contribution in [-0.2, 0) is 0 Å². The lowest BCUT2D eigenvalue weighted by Gasteiger charge is -2.07. The second kappa shape index (κ2) is 4.38. The maximum atomic E-state index is 10.8. The van der Waals surface area contributed by atoms with Gasteiger partial charge in [-0.1, -0.05) is 25.1 Å². The summed E-state index contributed by atoms with van der Waals surface area (Å²) in [5.41, 5.74) is 0.493. The second-order valence-electron chi connectivity index (χ2n) is 3.14. The van der Waals surface area contributed by atoms with Gasteiger partial charge in [-0.2, -0.15) is 5.26 Å². The summed E-state index contributed by atoms with van der Waals surface area (Å²) in [5.74, 6) is -0.140. The van der Waals surface area contributed by atoms with Crippen molar-refractivity contribution in [2.45, 2.75) is 12.8 Å². The van der Waals surface area contributed by atoms with E-state index in [4.69, 9.17) is 5.26 Å². The predicted octanol–water partition coefficient (Wildman–Crippen LogP) is 2.76. The Morgan fingerprint density at radius 3 is 2.80 bits per heavy atom. The number of nitro benzene ring substituents is 1. The highest BCUT2D eigenvalue weighted by Crippen LogP contribution is 2.29. The Hall–Kier alpha value is -2.15. The van der Waals surface area contributed by atoms with Gasteiger partial charge >= 0.3 is 0 Å². The van der Waals surface area contributed by atoms with E-state index in [0.29, 0.717) is 5.56 Å². The zero-order valence-corrected chi connectivity index (χ0v) is 8.30. The SMILES string of the molecule is C=CC(C)c1cccc(C#N)c1[N+](=O)[O-]. The Morgan fingerprint density at radius 2 is 2.33 bits per heavy atom. The lowest BCUT2D eigenvalue weighted by molar-refractivity contribution is -0.385. The van der Waals surface area contributed by atoms with Gasteiger partial charge in [0.2, 0.25) is 0 Å². The molecule has 15 heavy (non-hydrogen) atoms. The Balaban J connectivity index is 3.46. The van der Waals surface area contributed by atoms with Crippen molar-refractivity contribution < 1.29 is 4.92 Å². The molecular formula is C11H10N2O2. The third-order valence-corrected chi connectivity index (χ3v) is 2.21. The third-order valence-electron chi connectivity index (χ3n) is 2.21. The van der Waals surface area contributed by atoms with Crippen molar-refractivity contribution in [3.63, 3.8) is 0 Å². The van der Waals surface area contributed by atoms with Crippen LogP contribution >= 0.6 is 0 Å². The minimum absolute atomic E-state index is 0.0891. The number of nitriles is 1. The molecule has 0 aliphatic rings. The van der Waals surface area contributed by atoms with Crippen LogP contribution in [0.4, 0.5) is 5.69 Å². The Bertz CT molecular complexity index is 446. The highest BCUT2D eigenvalue weighted by atomic mass is 16.6. The van der Waals surface area contributed by atoms with E-state index < -0.39 is 4.92 Å². The lowest BCUT2D eigenvalue weighted by atomic mass is 9.97. The number of benzene rings is 1. The number of allylic oxidation sites excluding steroid dienone is 1. The van der Waals surface area contributed by atoms with E-state index in [-0.39, 0.29) is 17.2 Å². The van der Waals surface area contributed by atoms with E-state index >= 15 is 0 Å². The summed E-state index contributed by atoms with van der Waals surface area (Å²) in [5, 5.41) is 19.6. The van der Waals surface area contributed by atoms with Crippen molar-refractivity contribution in [1.82, 2.24) is 0 Å². The number of nitrogens with zero attached hydrogens (tertiary/aromatic N) is 2. The van der Waals surface area contributed by atoms with E-state index in [1.54, 1.807) is 25.1 Å². The average Bonchev–Trinajstić information content (AvgIpc) is 2.26. The van der Waals surface area contributed by atoms with Crippen LogP contribution in [0.1, 0.15) is 24.0 Å². The standard InChI is InChI=1S/C11H10N2O2/c1-3-8(2)10-6-4-5-9(7-12)11(10)13(14)15/h3-6,8H,1H2,2H3. The fourth-order valence-corrected chi connectivity index (χ4v) is 1.35. The normalized spacial score (nSPS) is 11.5. The van der Waals surface area contributed by atoms with Crippen LogP contribution in [0.15, 0.2) is 30.9 Å². The average molecular weight is 202 g/mol. The van der Waals surface area contributed by atoms with Gasteiger partial charge in [0.1, 0.15) is 11.6 Å². The molecule has 1 rings (SSSR count). The summed E-state index contributed by atoms with van der Waals surface area (Å²) < 4.78 is 0. The van der Waals surface area contributed by atoms with Gasteiger partial charge in [-0.3, -0.25) is 10.1 Å². The van der Waals surface area contributed by atoms with Crippen molar-refractivity contribution >= 4 is 5.69 Å². The van der Waals surface area contributed by atoms with Crippen molar-refractivity contribution in [3.05, 3.63) is 52.1 Å². The summed E-state index contributed by atoms with van der Waals surface area (Å²) in [6, 6.07) is 6.55. The van der Waals surface area contributed by atoms with Crippen molar-refractivity contribution in [1.29, 1.82) is 5.26 Å². The summed E-state index contributed by atoms with van der Waals surface area (Å²) in [7, 11) is 0. The lowest BCUT2D eigenvalue weighted by Crippen LogP contribution is -2.00. The van der Waals surface area contributed by atoms with E-state index in [9.17, 15) is 10.1 Å². The first-order valence-electron chi connectivity index (χ1n) is 4.41. The number of hydrogen-bond donors (Lipinski definition) is 0. The summed E-state index contributed by atoms with van der Waals surface area (Å²) in [6.07, 6.45) is 1.61. The molecule has 0 bridgehead atoms. The molecule has 0 aliphatic carbocycles. The van der Waals surface area contributed by atoms with E-state index in [0.717, 1.165) is 0 Å². The first-order chi connectivity index (χ1) is 7.11. The molecule has 1 atom stereocenters. The molecule has 4 nitrogen and oxygen atoms in total. The van der Waals surface area contributed by atoms with Crippen LogP contribution < -0.4 is 0 Å². The molecular weight excluding hydrogens is 192 g/mol. The molecule has 1 unspecified atom stereocenters. The third kappa shape index (κ3) is 2.02. The van der Waals surface area contributed by atoms with Gasteiger partial charge in [0, 0.05) is 11.5 Å². The second-order valence-corrected chi connectivity index (χ2v) is 3.14. The summed E-state index contributed by atoms with van der Waals surface area (Å²) >= 11 is 0. The molecule has 0 fully saturated rings. The summed E-state index contributed by atoms with van der Waals surface area (Å²) in [6.45, 7) is 5.39. The van der Waals surface area contributed by atoms with Crippen molar-refractivity contribution in [2.24, 2.45) is 0 Å². The van der Waals surface area contributed by atoms with Gasteiger partial charge < -0.3 is 0 Å². The van der Waals surface area contributed by atoms with E-state index in [1.807, 2.05) is 6.07 Å². The van der Waals surface area contributed by atoms with Crippen LogP contribution in [0, 0.1) is 21.4 Å². The molecule has 0 saturated heterocycles. The van der Waals surface area contributed by atoms with Gasteiger partial charge in [-0.15, -0.1) is 6.58 Å². The van der Waals surface area contributed by atoms with Crippen LogP contribution in [0.2, 0.25) is 0 Å². The molecule has 4 heteroatoms. The zero-order valence-electron chi connectivity index (χ0n) is 8.30. The number of nitro groups is 1. The van der Waals surface area contributed by atoms with E-state index in [2.05, 4.69) is 6.58 Å². The monoisotopic (exact) mass is 202 g/mol. The van der Waals surface area contributed by atoms with Crippen LogP contribution in [0.3, 0.4) is 0 Å². The highest BCUT2D eigenvalue weighted by molar-refractivity contribution is 5.55. The van der Waals surface area contributed by atoms with Crippen molar-refractivity contribution in [3.8, 4) is 6.07 Å². The maximum absolute atomic E-state index is 10.8. The maximum Gasteiger partial charge on any atom is 0.290 e.